The molecule has 1 aliphatic rings. The molecular weight excluding hydrogens is 242 g/mol. The molecule has 0 unspecified atom stereocenters. The predicted octanol–water partition coefficient (Wildman–Crippen LogP) is 1.04. The molecule has 0 atom stereocenters. The van der Waals surface area contributed by atoms with Crippen molar-refractivity contribution in [1.82, 2.24) is 14.7 Å². The van der Waals surface area contributed by atoms with Crippen molar-refractivity contribution in [2.75, 3.05) is 13.1 Å². The van der Waals surface area contributed by atoms with E-state index < -0.39 is 0 Å². The van der Waals surface area contributed by atoms with Gasteiger partial charge in [0.2, 0.25) is 5.91 Å². The Kier molecular flexibility index (Phi) is 3.47. The SMILES string of the molecule is Cc1nn(CC(=O)N2CCC(=O)CC2)cc1Cl. The highest BCUT2D eigenvalue weighted by molar-refractivity contribution is 6.31. The minimum absolute atomic E-state index is 0.0170. The molecule has 5 nitrogen and oxygen atoms in total. The summed E-state index contributed by atoms with van der Waals surface area (Å²) in [6, 6.07) is 0. The van der Waals surface area contributed by atoms with Crippen LogP contribution in [0.25, 0.3) is 0 Å². The van der Waals surface area contributed by atoms with E-state index in [1.54, 1.807) is 18.0 Å². The lowest BCUT2D eigenvalue weighted by atomic mass is 10.1. The van der Waals surface area contributed by atoms with E-state index in [1.165, 1.54) is 4.68 Å². The minimum Gasteiger partial charge on any atom is -0.340 e. The molecule has 0 saturated carbocycles. The van der Waals surface area contributed by atoms with Crippen LogP contribution in [0.1, 0.15) is 18.5 Å². The van der Waals surface area contributed by atoms with Crippen molar-refractivity contribution in [2.45, 2.75) is 26.3 Å². The summed E-state index contributed by atoms with van der Waals surface area (Å²) >= 11 is 5.86. The van der Waals surface area contributed by atoms with Gasteiger partial charge in [0, 0.05) is 32.1 Å². The van der Waals surface area contributed by atoms with Gasteiger partial charge >= 0.3 is 0 Å². The van der Waals surface area contributed by atoms with Crippen LogP contribution in [0.5, 0.6) is 0 Å². The van der Waals surface area contributed by atoms with Gasteiger partial charge in [-0.2, -0.15) is 5.10 Å². The van der Waals surface area contributed by atoms with Gasteiger partial charge < -0.3 is 4.90 Å². The van der Waals surface area contributed by atoms with Crippen LogP contribution in [-0.4, -0.2) is 39.5 Å². The van der Waals surface area contributed by atoms with Gasteiger partial charge in [-0.3, -0.25) is 14.3 Å². The highest BCUT2D eigenvalue weighted by atomic mass is 35.5. The zero-order chi connectivity index (χ0) is 12.4. The van der Waals surface area contributed by atoms with Crippen molar-refractivity contribution in [3.63, 3.8) is 0 Å². The molecule has 0 aliphatic carbocycles. The maximum atomic E-state index is 11.9. The lowest BCUT2D eigenvalue weighted by molar-refractivity contribution is -0.135. The first-order valence-electron chi connectivity index (χ1n) is 5.55. The normalized spacial score (nSPS) is 16.4. The average molecular weight is 256 g/mol. The Morgan fingerprint density at radius 2 is 2.12 bits per heavy atom. The molecule has 0 aromatic carbocycles. The number of rotatable bonds is 2. The summed E-state index contributed by atoms with van der Waals surface area (Å²) in [5, 5.41) is 4.69. The third kappa shape index (κ3) is 2.85. The first-order valence-corrected chi connectivity index (χ1v) is 5.93. The van der Waals surface area contributed by atoms with E-state index in [9.17, 15) is 9.59 Å². The molecule has 1 amide bonds. The van der Waals surface area contributed by atoms with E-state index in [-0.39, 0.29) is 18.2 Å². The summed E-state index contributed by atoms with van der Waals surface area (Å²) in [6.07, 6.45) is 2.57. The fourth-order valence-corrected chi connectivity index (χ4v) is 1.97. The molecule has 0 bridgehead atoms. The molecule has 1 aliphatic heterocycles. The monoisotopic (exact) mass is 255 g/mol. The topological polar surface area (TPSA) is 55.2 Å². The number of hydrogen-bond donors (Lipinski definition) is 0. The van der Waals surface area contributed by atoms with Crippen LogP contribution in [0.3, 0.4) is 0 Å². The number of likely N-dealkylation sites (tertiary alicyclic amines) is 1. The summed E-state index contributed by atoms with van der Waals surface area (Å²) in [4.78, 5) is 24.7. The number of halogens is 1. The molecule has 0 radical (unpaired) electrons. The van der Waals surface area contributed by atoms with Gasteiger partial charge in [-0.05, 0) is 6.92 Å². The van der Waals surface area contributed by atoms with E-state index in [4.69, 9.17) is 11.6 Å². The quantitative estimate of drug-likeness (QED) is 0.793. The van der Waals surface area contributed by atoms with Gasteiger partial charge in [0.05, 0.1) is 10.7 Å². The van der Waals surface area contributed by atoms with Gasteiger partial charge in [-0.25, -0.2) is 0 Å². The third-order valence-electron chi connectivity index (χ3n) is 2.86. The van der Waals surface area contributed by atoms with Crippen LogP contribution in [0.2, 0.25) is 5.02 Å². The van der Waals surface area contributed by atoms with Crippen molar-refractivity contribution in [2.24, 2.45) is 0 Å². The van der Waals surface area contributed by atoms with Crippen LogP contribution in [0.15, 0.2) is 6.20 Å². The number of aromatic nitrogens is 2. The number of carbonyl (C=O) groups excluding carboxylic acids is 2. The van der Waals surface area contributed by atoms with Crippen molar-refractivity contribution >= 4 is 23.3 Å². The second-order valence-corrected chi connectivity index (χ2v) is 4.59. The number of amides is 1. The largest absolute Gasteiger partial charge is 0.340 e. The first kappa shape index (κ1) is 12.1. The fourth-order valence-electron chi connectivity index (χ4n) is 1.82. The highest BCUT2D eigenvalue weighted by Gasteiger charge is 2.21. The van der Waals surface area contributed by atoms with Gasteiger partial charge in [0.25, 0.3) is 0 Å². The van der Waals surface area contributed by atoms with Crippen molar-refractivity contribution in [3.05, 3.63) is 16.9 Å². The molecule has 1 fully saturated rings. The first-order chi connectivity index (χ1) is 8.06. The molecule has 17 heavy (non-hydrogen) atoms. The molecule has 0 spiro atoms. The fraction of sp³-hybridized carbons (Fsp3) is 0.545. The van der Waals surface area contributed by atoms with Gasteiger partial charge in [0.15, 0.2) is 0 Å². The number of aryl methyl sites for hydroxylation is 1. The molecule has 92 valence electrons. The number of nitrogens with zero attached hydrogens (tertiary/aromatic N) is 3. The van der Waals surface area contributed by atoms with Crippen molar-refractivity contribution in [1.29, 1.82) is 0 Å². The Bertz CT molecular complexity index is 426. The maximum Gasteiger partial charge on any atom is 0.244 e. The van der Waals surface area contributed by atoms with E-state index in [0.717, 1.165) is 0 Å². The molecular formula is C11H14ClN3O2. The van der Waals surface area contributed by atoms with Crippen LogP contribution < -0.4 is 0 Å². The predicted molar refractivity (Wildman–Crippen MR) is 62.8 cm³/mol. The van der Waals surface area contributed by atoms with Crippen molar-refractivity contribution in [3.8, 4) is 0 Å². The Hall–Kier alpha value is -1.36. The Balaban J connectivity index is 1.95. The smallest absolute Gasteiger partial charge is 0.244 e. The van der Waals surface area contributed by atoms with Gasteiger partial charge in [-0.1, -0.05) is 11.6 Å². The molecule has 6 heteroatoms. The van der Waals surface area contributed by atoms with E-state index in [2.05, 4.69) is 5.10 Å². The Morgan fingerprint density at radius 3 is 2.65 bits per heavy atom. The van der Waals surface area contributed by atoms with Crippen LogP contribution >= 0.6 is 11.6 Å². The second kappa shape index (κ2) is 4.87. The van der Waals surface area contributed by atoms with Gasteiger partial charge in [0.1, 0.15) is 12.3 Å². The number of Topliss-reactive ketones (excluding diaryl/α,β-unsaturated/α-hetero) is 1. The average Bonchev–Trinajstić information content (AvgIpc) is 2.58. The Morgan fingerprint density at radius 1 is 1.47 bits per heavy atom. The van der Waals surface area contributed by atoms with Crippen LogP contribution in [0.4, 0.5) is 0 Å². The van der Waals surface area contributed by atoms with Crippen LogP contribution in [-0.2, 0) is 16.1 Å². The molecule has 2 heterocycles. The molecule has 1 saturated heterocycles. The number of carbonyl (C=O) groups is 2. The van der Waals surface area contributed by atoms with Crippen LogP contribution in [0, 0.1) is 6.92 Å². The van der Waals surface area contributed by atoms with Gasteiger partial charge in [-0.15, -0.1) is 0 Å². The summed E-state index contributed by atoms with van der Waals surface area (Å²) in [6.45, 7) is 3.02. The van der Waals surface area contributed by atoms with Crippen molar-refractivity contribution < 1.29 is 9.59 Å². The minimum atomic E-state index is -0.0170. The molecule has 1 aromatic heterocycles. The van der Waals surface area contributed by atoms with E-state index in [1.807, 2.05) is 0 Å². The summed E-state index contributed by atoms with van der Waals surface area (Å²) in [7, 11) is 0. The lowest BCUT2D eigenvalue weighted by Crippen LogP contribution is -2.40. The molecule has 1 aromatic rings. The number of hydrogen-bond acceptors (Lipinski definition) is 3. The standard InChI is InChI=1S/C11H14ClN3O2/c1-8-10(12)6-15(13-8)7-11(17)14-4-2-9(16)3-5-14/h6H,2-5,7H2,1H3. The lowest BCUT2D eigenvalue weighted by Gasteiger charge is -2.25. The summed E-state index contributed by atoms with van der Waals surface area (Å²) in [5.41, 5.74) is 0.716. The molecule has 0 N–H and O–H groups in total. The zero-order valence-corrected chi connectivity index (χ0v) is 10.4. The summed E-state index contributed by atoms with van der Waals surface area (Å²) in [5.74, 6) is 0.212. The van der Waals surface area contributed by atoms with E-state index >= 15 is 0 Å². The summed E-state index contributed by atoms with van der Waals surface area (Å²) < 4.78 is 1.54. The Labute approximate surface area is 104 Å². The maximum absolute atomic E-state index is 11.9. The number of ketones is 1. The third-order valence-corrected chi connectivity index (χ3v) is 3.23. The van der Waals surface area contributed by atoms with E-state index in [0.29, 0.717) is 36.6 Å². The second-order valence-electron chi connectivity index (χ2n) is 4.18. The molecule has 2 rings (SSSR count). The zero-order valence-electron chi connectivity index (χ0n) is 9.65. The highest BCUT2D eigenvalue weighted by Crippen LogP contribution is 2.13. The number of piperidine rings is 1.